The van der Waals surface area contributed by atoms with E-state index >= 15 is 0 Å². The van der Waals surface area contributed by atoms with E-state index in [0.29, 0.717) is 11.3 Å². The predicted octanol–water partition coefficient (Wildman–Crippen LogP) is 2.10. The molecule has 1 heterocycles. The number of hydrogen-bond donors (Lipinski definition) is 0. The highest BCUT2D eigenvalue weighted by Crippen LogP contribution is 2.20. The van der Waals surface area contributed by atoms with Gasteiger partial charge in [-0.3, -0.25) is 4.68 Å². The van der Waals surface area contributed by atoms with Crippen LogP contribution >= 0.6 is 0 Å². The number of nitrogens with zero attached hydrogens (tertiary/aromatic N) is 3. The number of benzene rings is 1. The first kappa shape index (κ1) is 9.41. The van der Waals surface area contributed by atoms with Gasteiger partial charge in [-0.2, -0.15) is 10.4 Å². The Bertz CT molecular complexity index is 537. The Morgan fingerprint density at radius 1 is 1.40 bits per heavy atom. The zero-order valence-corrected chi connectivity index (χ0v) is 8.11. The number of aromatic nitrogens is 2. The van der Waals surface area contributed by atoms with E-state index in [1.54, 1.807) is 29.9 Å². The number of nitriles is 1. The smallest absolute Gasteiger partial charge is 0.163 e. The SMILES string of the molecule is Cn1nc(C#N)cc1-c1cccc(F)c1. The van der Waals surface area contributed by atoms with E-state index in [4.69, 9.17) is 5.26 Å². The third-order valence-corrected chi connectivity index (χ3v) is 2.11. The molecule has 0 atom stereocenters. The third-order valence-electron chi connectivity index (χ3n) is 2.11. The number of aryl methyl sites for hydroxylation is 1. The molecule has 3 nitrogen and oxygen atoms in total. The van der Waals surface area contributed by atoms with Gasteiger partial charge in [-0.25, -0.2) is 4.39 Å². The standard InChI is InChI=1S/C11H8FN3/c1-15-11(6-10(7-13)14-15)8-3-2-4-9(12)5-8/h2-6H,1H3. The summed E-state index contributed by atoms with van der Waals surface area (Å²) in [6, 6.07) is 9.78. The minimum absolute atomic E-state index is 0.299. The van der Waals surface area contributed by atoms with Gasteiger partial charge in [-0.15, -0.1) is 0 Å². The normalized spacial score (nSPS) is 9.93. The monoisotopic (exact) mass is 201 g/mol. The Kier molecular flexibility index (Phi) is 2.22. The zero-order chi connectivity index (χ0) is 10.8. The summed E-state index contributed by atoms with van der Waals surface area (Å²) in [5.41, 5.74) is 1.77. The molecule has 2 rings (SSSR count). The summed E-state index contributed by atoms with van der Waals surface area (Å²) in [5, 5.41) is 12.6. The fourth-order valence-electron chi connectivity index (χ4n) is 1.44. The second-order valence-corrected chi connectivity index (χ2v) is 3.16. The summed E-state index contributed by atoms with van der Waals surface area (Å²) in [6.07, 6.45) is 0. The van der Waals surface area contributed by atoms with E-state index in [1.807, 2.05) is 6.07 Å². The van der Waals surface area contributed by atoms with Gasteiger partial charge in [0.1, 0.15) is 11.9 Å². The predicted molar refractivity (Wildman–Crippen MR) is 53.3 cm³/mol. The molecule has 2 aromatic rings. The van der Waals surface area contributed by atoms with Crippen molar-refractivity contribution in [3.63, 3.8) is 0 Å². The molecular weight excluding hydrogens is 193 g/mol. The minimum Gasteiger partial charge on any atom is -0.267 e. The van der Waals surface area contributed by atoms with E-state index in [2.05, 4.69) is 5.10 Å². The minimum atomic E-state index is -0.299. The lowest BCUT2D eigenvalue weighted by Crippen LogP contribution is -1.93. The quantitative estimate of drug-likeness (QED) is 0.709. The Morgan fingerprint density at radius 2 is 2.20 bits per heavy atom. The molecule has 1 aromatic carbocycles. The fourth-order valence-corrected chi connectivity index (χ4v) is 1.44. The van der Waals surface area contributed by atoms with E-state index in [9.17, 15) is 4.39 Å². The highest BCUT2D eigenvalue weighted by molar-refractivity contribution is 5.60. The maximum atomic E-state index is 13.0. The van der Waals surface area contributed by atoms with Crippen LogP contribution in [0.2, 0.25) is 0 Å². The first-order chi connectivity index (χ1) is 7.20. The third kappa shape index (κ3) is 1.72. The second-order valence-electron chi connectivity index (χ2n) is 3.16. The van der Waals surface area contributed by atoms with Gasteiger partial charge in [-0.05, 0) is 12.1 Å². The van der Waals surface area contributed by atoms with Gasteiger partial charge in [0.25, 0.3) is 0 Å². The zero-order valence-electron chi connectivity index (χ0n) is 8.11. The molecule has 0 saturated carbocycles. The molecule has 0 aliphatic carbocycles. The molecule has 1 aromatic heterocycles. The number of hydrogen-bond acceptors (Lipinski definition) is 2. The average Bonchev–Trinajstić information content (AvgIpc) is 2.60. The van der Waals surface area contributed by atoms with Crippen LogP contribution in [0.3, 0.4) is 0 Å². The second kappa shape index (κ2) is 3.54. The summed E-state index contributed by atoms with van der Waals surface area (Å²) >= 11 is 0. The van der Waals surface area contributed by atoms with Gasteiger partial charge in [0, 0.05) is 18.7 Å². The van der Waals surface area contributed by atoms with Crippen LogP contribution < -0.4 is 0 Å². The molecule has 0 radical (unpaired) electrons. The lowest BCUT2D eigenvalue weighted by molar-refractivity contribution is 0.628. The summed E-state index contributed by atoms with van der Waals surface area (Å²) in [7, 11) is 1.72. The lowest BCUT2D eigenvalue weighted by Gasteiger charge is -2.00. The van der Waals surface area contributed by atoms with Crippen molar-refractivity contribution in [2.75, 3.05) is 0 Å². The van der Waals surface area contributed by atoms with Gasteiger partial charge in [0.05, 0.1) is 5.69 Å². The van der Waals surface area contributed by atoms with Crippen LogP contribution in [0.1, 0.15) is 5.69 Å². The van der Waals surface area contributed by atoms with Crippen molar-refractivity contribution in [1.82, 2.24) is 9.78 Å². The highest BCUT2D eigenvalue weighted by atomic mass is 19.1. The molecule has 15 heavy (non-hydrogen) atoms. The maximum absolute atomic E-state index is 13.0. The molecule has 0 bridgehead atoms. The molecule has 0 amide bonds. The summed E-state index contributed by atoms with van der Waals surface area (Å²) in [4.78, 5) is 0. The van der Waals surface area contributed by atoms with Gasteiger partial charge in [0.15, 0.2) is 5.69 Å². The van der Waals surface area contributed by atoms with Crippen molar-refractivity contribution in [1.29, 1.82) is 5.26 Å². The molecule has 0 unspecified atom stereocenters. The van der Waals surface area contributed by atoms with Gasteiger partial charge >= 0.3 is 0 Å². The van der Waals surface area contributed by atoms with Gasteiger partial charge < -0.3 is 0 Å². The summed E-state index contributed by atoms with van der Waals surface area (Å²) in [6.45, 7) is 0. The molecule has 74 valence electrons. The average molecular weight is 201 g/mol. The largest absolute Gasteiger partial charge is 0.267 e. The number of halogens is 1. The molecule has 0 spiro atoms. The van der Waals surface area contributed by atoms with E-state index in [0.717, 1.165) is 5.69 Å². The number of rotatable bonds is 1. The van der Waals surface area contributed by atoms with Gasteiger partial charge in [0.2, 0.25) is 0 Å². The van der Waals surface area contributed by atoms with Crippen LogP contribution in [-0.4, -0.2) is 9.78 Å². The Hall–Kier alpha value is -2.15. The van der Waals surface area contributed by atoms with Crippen LogP contribution in [-0.2, 0) is 7.05 Å². The van der Waals surface area contributed by atoms with Gasteiger partial charge in [-0.1, -0.05) is 12.1 Å². The van der Waals surface area contributed by atoms with Crippen molar-refractivity contribution in [3.05, 3.63) is 41.8 Å². The maximum Gasteiger partial charge on any atom is 0.163 e. The van der Waals surface area contributed by atoms with Crippen molar-refractivity contribution in [2.24, 2.45) is 7.05 Å². The lowest BCUT2D eigenvalue weighted by atomic mass is 10.1. The van der Waals surface area contributed by atoms with Crippen molar-refractivity contribution in [2.45, 2.75) is 0 Å². The van der Waals surface area contributed by atoms with Crippen LogP contribution in [0.4, 0.5) is 4.39 Å². The molecule has 0 N–H and O–H groups in total. The molecule has 0 aliphatic rings. The Morgan fingerprint density at radius 3 is 2.80 bits per heavy atom. The van der Waals surface area contributed by atoms with E-state index in [1.165, 1.54) is 12.1 Å². The first-order valence-electron chi connectivity index (χ1n) is 4.41. The Labute approximate surface area is 86.4 Å². The molecule has 4 heteroatoms. The first-order valence-corrected chi connectivity index (χ1v) is 4.41. The van der Waals surface area contributed by atoms with Crippen molar-refractivity contribution in [3.8, 4) is 17.3 Å². The molecule has 0 aliphatic heterocycles. The van der Waals surface area contributed by atoms with Crippen LogP contribution in [0.15, 0.2) is 30.3 Å². The van der Waals surface area contributed by atoms with E-state index in [-0.39, 0.29) is 5.82 Å². The topological polar surface area (TPSA) is 41.6 Å². The van der Waals surface area contributed by atoms with Crippen molar-refractivity contribution < 1.29 is 4.39 Å². The summed E-state index contributed by atoms with van der Waals surface area (Å²) in [5.74, 6) is -0.299. The highest BCUT2D eigenvalue weighted by Gasteiger charge is 2.07. The molecular formula is C11H8FN3. The fraction of sp³-hybridized carbons (Fsp3) is 0.0909. The van der Waals surface area contributed by atoms with Crippen LogP contribution in [0, 0.1) is 17.1 Å². The Balaban J connectivity index is 2.54. The van der Waals surface area contributed by atoms with E-state index < -0.39 is 0 Å². The summed E-state index contributed by atoms with van der Waals surface area (Å²) < 4.78 is 14.5. The molecule has 0 saturated heterocycles. The molecule has 0 fully saturated rings. The van der Waals surface area contributed by atoms with Crippen LogP contribution in [0.5, 0.6) is 0 Å². The van der Waals surface area contributed by atoms with Crippen LogP contribution in [0.25, 0.3) is 11.3 Å². The van der Waals surface area contributed by atoms with Crippen molar-refractivity contribution >= 4 is 0 Å².